The van der Waals surface area contributed by atoms with E-state index in [0.29, 0.717) is 41.9 Å². The molecule has 174 valence electrons. The molecule has 0 fully saturated rings. The molecule has 0 unspecified atom stereocenters. The van der Waals surface area contributed by atoms with Gasteiger partial charge >= 0.3 is 0 Å². The Morgan fingerprint density at radius 1 is 0.581 bits per heavy atom. The monoisotopic (exact) mass is 468 g/mol. The van der Waals surface area contributed by atoms with E-state index in [1.165, 1.54) is 23.5 Å². The summed E-state index contributed by atoms with van der Waals surface area (Å²) in [6, 6.07) is 0.935. The molecule has 0 aromatic carbocycles. The largest absolute Gasteiger partial charge is 0.354 e. The molecular formula is C19H36N10S2. The summed E-state index contributed by atoms with van der Waals surface area (Å²) in [5, 5.41) is 14.0. The van der Waals surface area contributed by atoms with Gasteiger partial charge in [0.1, 0.15) is 0 Å². The van der Waals surface area contributed by atoms with Gasteiger partial charge < -0.3 is 21.3 Å². The van der Waals surface area contributed by atoms with E-state index in [1.54, 1.807) is 0 Å². The highest BCUT2D eigenvalue weighted by atomic mass is 32.2. The molecule has 2 rings (SSSR count). The average Bonchev–Trinajstić information content (AvgIpc) is 2.66. The van der Waals surface area contributed by atoms with Crippen LogP contribution in [0.2, 0.25) is 0 Å². The van der Waals surface area contributed by atoms with Crippen LogP contribution in [0.5, 0.6) is 0 Å². The van der Waals surface area contributed by atoms with Gasteiger partial charge in [0.05, 0.1) is 0 Å². The maximum Gasteiger partial charge on any atom is 0.228 e. The molecule has 2 aromatic rings. The van der Waals surface area contributed by atoms with Gasteiger partial charge in [-0.15, -0.1) is 0 Å². The van der Waals surface area contributed by atoms with Crippen molar-refractivity contribution in [2.24, 2.45) is 0 Å². The van der Waals surface area contributed by atoms with E-state index < -0.39 is 0 Å². The molecule has 0 aliphatic heterocycles. The lowest BCUT2D eigenvalue weighted by Crippen LogP contribution is -2.17. The minimum Gasteiger partial charge on any atom is -0.354 e. The Hall–Kier alpha value is -2.08. The number of nitrogens with one attached hydrogen (secondary N) is 4. The zero-order valence-electron chi connectivity index (χ0n) is 19.9. The first-order valence-electron chi connectivity index (χ1n) is 10.3. The van der Waals surface area contributed by atoms with E-state index in [4.69, 9.17) is 0 Å². The zero-order valence-corrected chi connectivity index (χ0v) is 21.6. The minimum absolute atomic E-state index is 0.309. The molecule has 0 aliphatic carbocycles. The van der Waals surface area contributed by atoms with Gasteiger partial charge in [-0.1, -0.05) is 23.5 Å². The molecule has 4 N–H and O–H groups in total. The Kier molecular flexibility index (Phi) is 12.2. The van der Waals surface area contributed by atoms with Gasteiger partial charge in [-0.05, 0) is 61.0 Å². The predicted molar refractivity (Wildman–Crippen MR) is 134 cm³/mol. The minimum atomic E-state index is 0.309. The quantitative estimate of drug-likeness (QED) is 0.375. The van der Waals surface area contributed by atoms with Crippen molar-refractivity contribution >= 4 is 47.3 Å². The smallest absolute Gasteiger partial charge is 0.228 e. The summed E-state index contributed by atoms with van der Waals surface area (Å²) in [6.07, 6.45) is 3.90. The van der Waals surface area contributed by atoms with Crippen molar-refractivity contribution in [1.82, 2.24) is 29.9 Å². The van der Waals surface area contributed by atoms with Crippen LogP contribution in [0, 0.1) is 0 Å². The van der Waals surface area contributed by atoms with E-state index >= 15 is 0 Å². The molecule has 0 saturated heterocycles. The van der Waals surface area contributed by atoms with E-state index in [9.17, 15) is 0 Å². The summed E-state index contributed by atoms with van der Waals surface area (Å²) < 4.78 is 0. The maximum absolute atomic E-state index is 4.30. The molecular weight excluding hydrogens is 432 g/mol. The van der Waals surface area contributed by atoms with Crippen molar-refractivity contribution in [2.75, 3.05) is 40.3 Å². The first-order valence-corrected chi connectivity index (χ1v) is 12.7. The van der Waals surface area contributed by atoms with Crippen molar-refractivity contribution in [3.63, 3.8) is 0 Å². The topological polar surface area (TPSA) is 125 Å². The van der Waals surface area contributed by atoms with Crippen molar-refractivity contribution in [2.45, 2.75) is 76.9 Å². The first-order chi connectivity index (χ1) is 14.7. The Morgan fingerprint density at radius 3 is 1.19 bits per heavy atom. The van der Waals surface area contributed by atoms with Crippen LogP contribution in [0.3, 0.4) is 0 Å². The molecule has 10 nitrogen and oxygen atoms in total. The summed E-state index contributed by atoms with van der Waals surface area (Å²) in [6.45, 7) is 15.1. The number of anilines is 4. The third kappa shape index (κ3) is 11.2. The maximum atomic E-state index is 4.30. The number of rotatable bonds is 10. The molecule has 0 bridgehead atoms. The van der Waals surface area contributed by atoms with Crippen LogP contribution in [0.15, 0.2) is 10.3 Å². The third-order valence-corrected chi connectivity index (χ3v) is 4.28. The zero-order chi connectivity index (χ0) is 23.4. The highest BCUT2D eigenvalue weighted by Crippen LogP contribution is 2.15. The van der Waals surface area contributed by atoms with Crippen LogP contribution in [-0.2, 0) is 0 Å². The van der Waals surface area contributed by atoms with Gasteiger partial charge in [0, 0.05) is 24.7 Å². The lowest BCUT2D eigenvalue weighted by molar-refractivity contribution is 0.813. The van der Waals surface area contributed by atoms with E-state index in [1.807, 2.05) is 19.4 Å². The summed E-state index contributed by atoms with van der Waals surface area (Å²) in [5.41, 5.74) is 0. The van der Waals surface area contributed by atoms with Crippen molar-refractivity contribution in [3.8, 4) is 0 Å². The first kappa shape index (κ1) is 27.0. The van der Waals surface area contributed by atoms with E-state index in [0.717, 1.165) is 16.9 Å². The number of hydrogen-bond acceptors (Lipinski definition) is 12. The van der Waals surface area contributed by atoms with Crippen LogP contribution in [-0.4, -0.2) is 67.1 Å². The van der Waals surface area contributed by atoms with E-state index in [-0.39, 0.29) is 0 Å². The molecule has 0 radical (unpaired) electrons. The fraction of sp³-hybridized carbons (Fsp3) is 0.684. The van der Waals surface area contributed by atoms with Gasteiger partial charge in [0.15, 0.2) is 10.3 Å². The van der Waals surface area contributed by atoms with Gasteiger partial charge in [0.2, 0.25) is 23.8 Å². The van der Waals surface area contributed by atoms with Gasteiger partial charge in [-0.3, -0.25) is 0 Å². The Labute approximate surface area is 194 Å². The SMILES string of the molecule is CCNc1nc(NC(C)C)nc(SC)n1.CSc1nc(NC(C)C)nc(NC(C)C)n1. The average molecular weight is 469 g/mol. The molecule has 0 spiro atoms. The fourth-order valence-corrected chi connectivity index (χ4v) is 2.81. The second kappa shape index (κ2) is 14.1. The Bertz CT molecular complexity index is 758. The lowest BCUT2D eigenvalue weighted by Gasteiger charge is -2.12. The summed E-state index contributed by atoms with van der Waals surface area (Å²) in [5.74, 6) is 2.50. The highest BCUT2D eigenvalue weighted by Gasteiger charge is 2.08. The number of thioether (sulfide) groups is 2. The van der Waals surface area contributed by atoms with Gasteiger partial charge in [-0.2, -0.15) is 29.9 Å². The van der Waals surface area contributed by atoms with Crippen LogP contribution in [0.25, 0.3) is 0 Å². The van der Waals surface area contributed by atoms with Crippen molar-refractivity contribution in [3.05, 3.63) is 0 Å². The Balaban J connectivity index is 0.000000311. The summed E-state index contributed by atoms with van der Waals surface area (Å²) >= 11 is 3.02. The highest BCUT2D eigenvalue weighted by molar-refractivity contribution is 7.98. The molecule has 2 aromatic heterocycles. The lowest BCUT2D eigenvalue weighted by atomic mass is 10.4. The van der Waals surface area contributed by atoms with Crippen molar-refractivity contribution in [1.29, 1.82) is 0 Å². The van der Waals surface area contributed by atoms with Gasteiger partial charge in [0.25, 0.3) is 0 Å². The van der Waals surface area contributed by atoms with Crippen LogP contribution < -0.4 is 21.3 Å². The fourth-order valence-electron chi connectivity index (χ4n) is 2.10. The van der Waals surface area contributed by atoms with E-state index in [2.05, 4.69) is 92.7 Å². The molecule has 0 aliphatic rings. The second-order valence-electron chi connectivity index (χ2n) is 7.37. The predicted octanol–water partition coefficient (Wildman–Crippen LogP) is 4.08. The molecule has 12 heteroatoms. The Morgan fingerprint density at radius 2 is 0.903 bits per heavy atom. The normalized spacial score (nSPS) is 10.7. The molecule has 31 heavy (non-hydrogen) atoms. The van der Waals surface area contributed by atoms with Crippen LogP contribution in [0.4, 0.5) is 23.8 Å². The number of aromatic nitrogens is 6. The van der Waals surface area contributed by atoms with Gasteiger partial charge in [-0.25, -0.2) is 0 Å². The molecule has 0 amide bonds. The van der Waals surface area contributed by atoms with Crippen LogP contribution in [0.1, 0.15) is 48.5 Å². The van der Waals surface area contributed by atoms with Crippen LogP contribution >= 0.6 is 23.5 Å². The molecule has 0 atom stereocenters. The standard InChI is InChI=1S/C10H19N5S.C9H17N5S/c1-6(2)11-8-13-9(12-7(3)4)15-10(14-8)16-5;1-5-10-7-12-8(11-6(2)3)14-9(13-7)15-4/h6-7H,1-5H3,(H2,11,12,13,14,15);6H,5H2,1-4H3,(H2,10,11,12,13,14). The summed E-state index contributed by atoms with van der Waals surface area (Å²) in [4.78, 5) is 25.6. The van der Waals surface area contributed by atoms with Crippen molar-refractivity contribution < 1.29 is 0 Å². The summed E-state index contributed by atoms with van der Waals surface area (Å²) in [7, 11) is 0. The molecule has 2 heterocycles. The molecule has 0 saturated carbocycles. The third-order valence-electron chi connectivity index (χ3n) is 3.18. The number of hydrogen-bond donors (Lipinski definition) is 4. The number of nitrogens with zero attached hydrogens (tertiary/aromatic N) is 6. The second-order valence-corrected chi connectivity index (χ2v) is 8.91.